The van der Waals surface area contributed by atoms with Gasteiger partial charge in [0.25, 0.3) is 0 Å². The third-order valence-electron chi connectivity index (χ3n) is 3.43. The molecule has 0 spiro atoms. The Hall–Kier alpha value is -3.48. The van der Waals surface area contributed by atoms with E-state index in [-0.39, 0.29) is 5.91 Å². The van der Waals surface area contributed by atoms with Crippen molar-refractivity contribution in [3.63, 3.8) is 0 Å². The first kappa shape index (κ1) is 16.4. The lowest BCUT2D eigenvalue weighted by atomic mass is 10.2. The van der Waals surface area contributed by atoms with Crippen molar-refractivity contribution in [2.24, 2.45) is 0 Å². The molecule has 1 amide bonds. The fourth-order valence-corrected chi connectivity index (χ4v) is 2.24. The SMILES string of the molecule is CC(=O)Nc1ccc(Nc2nncc(Nc3ccccc3C)n2)cc1. The fraction of sp³-hybridized carbons (Fsp3) is 0.111. The molecule has 0 saturated heterocycles. The molecule has 0 aliphatic heterocycles. The Kier molecular flexibility index (Phi) is 4.84. The van der Waals surface area contributed by atoms with Crippen LogP contribution in [-0.2, 0) is 4.79 Å². The fourth-order valence-electron chi connectivity index (χ4n) is 2.24. The number of para-hydroxylation sites is 1. The second-order valence-corrected chi connectivity index (χ2v) is 5.49. The van der Waals surface area contributed by atoms with Crippen LogP contribution in [-0.4, -0.2) is 21.1 Å². The van der Waals surface area contributed by atoms with Crippen molar-refractivity contribution in [2.75, 3.05) is 16.0 Å². The Morgan fingerprint density at radius 2 is 1.68 bits per heavy atom. The normalized spacial score (nSPS) is 10.2. The van der Waals surface area contributed by atoms with Crippen molar-refractivity contribution < 1.29 is 4.79 Å². The number of amides is 1. The molecule has 0 unspecified atom stereocenters. The maximum absolute atomic E-state index is 11.0. The molecular weight excluding hydrogens is 316 g/mol. The van der Waals surface area contributed by atoms with E-state index in [0.29, 0.717) is 11.8 Å². The zero-order chi connectivity index (χ0) is 17.6. The van der Waals surface area contributed by atoms with Gasteiger partial charge in [-0.05, 0) is 42.8 Å². The van der Waals surface area contributed by atoms with Crippen LogP contribution in [0.15, 0.2) is 54.7 Å². The number of hydrogen-bond acceptors (Lipinski definition) is 6. The van der Waals surface area contributed by atoms with Gasteiger partial charge in [0, 0.05) is 24.0 Å². The largest absolute Gasteiger partial charge is 0.339 e. The maximum atomic E-state index is 11.0. The van der Waals surface area contributed by atoms with Crippen LogP contribution in [0.3, 0.4) is 0 Å². The smallest absolute Gasteiger partial charge is 0.249 e. The zero-order valence-corrected chi connectivity index (χ0v) is 13.9. The lowest BCUT2D eigenvalue weighted by Crippen LogP contribution is -2.06. The minimum atomic E-state index is -0.108. The summed E-state index contributed by atoms with van der Waals surface area (Å²) in [6.45, 7) is 3.49. The number of hydrogen-bond donors (Lipinski definition) is 3. The monoisotopic (exact) mass is 334 g/mol. The van der Waals surface area contributed by atoms with Gasteiger partial charge >= 0.3 is 0 Å². The van der Waals surface area contributed by atoms with E-state index in [1.165, 1.54) is 6.92 Å². The van der Waals surface area contributed by atoms with Crippen LogP contribution in [0.5, 0.6) is 0 Å². The van der Waals surface area contributed by atoms with Gasteiger partial charge in [-0.15, -0.1) is 5.10 Å². The van der Waals surface area contributed by atoms with E-state index in [2.05, 4.69) is 31.1 Å². The van der Waals surface area contributed by atoms with E-state index < -0.39 is 0 Å². The molecule has 2 aromatic carbocycles. The summed E-state index contributed by atoms with van der Waals surface area (Å²) < 4.78 is 0. The quantitative estimate of drug-likeness (QED) is 0.660. The summed E-state index contributed by atoms with van der Waals surface area (Å²) in [5.41, 5.74) is 3.61. The minimum absolute atomic E-state index is 0.108. The third kappa shape index (κ3) is 4.51. The van der Waals surface area contributed by atoms with Crippen LogP contribution < -0.4 is 16.0 Å². The molecule has 0 aliphatic rings. The number of aryl methyl sites for hydroxylation is 1. The highest BCUT2D eigenvalue weighted by Crippen LogP contribution is 2.20. The maximum Gasteiger partial charge on any atom is 0.249 e. The Morgan fingerprint density at radius 1 is 0.960 bits per heavy atom. The summed E-state index contributed by atoms with van der Waals surface area (Å²) in [7, 11) is 0. The summed E-state index contributed by atoms with van der Waals surface area (Å²) in [6, 6.07) is 15.2. The van der Waals surface area contributed by atoms with Crippen molar-refractivity contribution >= 4 is 34.7 Å². The molecule has 3 rings (SSSR count). The van der Waals surface area contributed by atoms with Crippen LogP contribution in [0, 0.1) is 6.92 Å². The molecule has 7 nitrogen and oxygen atoms in total. The summed E-state index contributed by atoms with van der Waals surface area (Å²) in [5.74, 6) is 0.871. The first-order valence-electron chi connectivity index (χ1n) is 7.77. The molecule has 0 atom stereocenters. The number of aromatic nitrogens is 3. The van der Waals surface area contributed by atoms with E-state index >= 15 is 0 Å². The van der Waals surface area contributed by atoms with Crippen LogP contribution in [0.2, 0.25) is 0 Å². The van der Waals surface area contributed by atoms with Crippen molar-refractivity contribution in [1.29, 1.82) is 0 Å². The second kappa shape index (κ2) is 7.39. The molecule has 1 heterocycles. The lowest BCUT2D eigenvalue weighted by Gasteiger charge is -2.10. The van der Waals surface area contributed by atoms with Gasteiger partial charge in [-0.2, -0.15) is 10.1 Å². The van der Waals surface area contributed by atoms with E-state index in [4.69, 9.17) is 0 Å². The van der Waals surface area contributed by atoms with Gasteiger partial charge in [-0.25, -0.2) is 0 Å². The third-order valence-corrected chi connectivity index (χ3v) is 3.43. The number of carbonyl (C=O) groups is 1. The van der Waals surface area contributed by atoms with Crippen molar-refractivity contribution in [3.8, 4) is 0 Å². The van der Waals surface area contributed by atoms with Gasteiger partial charge in [0.1, 0.15) is 0 Å². The Labute approximate surface area is 145 Å². The Morgan fingerprint density at radius 3 is 2.40 bits per heavy atom. The molecule has 1 aromatic heterocycles. The average molecular weight is 334 g/mol. The van der Waals surface area contributed by atoms with E-state index in [9.17, 15) is 4.79 Å². The standard InChI is InChI=1S/C18H18N6O/c1-12-5-3-4-6-16(12)22-17-11-19-24-18(23-17)21-15-9-7-14(8-10-15)20-13(2)25/h3-11H,1-2H3,(H,20,25)(H2,21,22,23,24). The molecule has 126 valence electrons. The molecule has 0 saturated carbocycles. The summed E-state index contributed by atoms with van der Waals surface area (Å²) in [5, 5.41) is 17.0. The van der Waals surface area contributed by atoms with Crippen LogP contribution in [0.4, 0.5) is 28.8 Å². The van der Waals surface area contributed by atoms with Gasteiger partial charge < -0.3 is 16.0 Å². The van der Waals surface area contributed by atoms with Gasteiger partial charge in [0.15, 0.2) is 5.82 Å². The van der Waals surface area contributed by atoms with Gasteiger partial charge in [0.05, 0.1) is 6.20 Å². The van der Waals surface area contributed by atoms with Crippen LogP contribution in [0.1, 0.15) is 12.5 Å². The number of anilines is 5. The first-order valence-corrected chi connectivity index (χ1v) is 7.77. The van der Waals surface area contributed by atoms with Gasteiger partial charge in [-0.1, -0.05) is 18.2 Å². The number of nitrogens with zero attached hydrogens (tertiary/aromatic N) is 3. The highest BCUT2D eigenvalue weighted by Gasteiger charge is 2.04. The van der Waals surface area contributed by atoms with Crippen molar-refractivity contribution in [1.82, 2.24) is 15.2 Å². The van der Waals surface area contributed by atoms with E-state index in [0.717, 1.165) is 22.6 Å². The molecule has 3 aromatic rings. The van der Waals surface area contributed by atoms with Crippen molar-refractivity contribution in [3.05, 3.63) is 60.3 Å². The first-order chi connectivity index (χ1) is 12.1. The predicted octanol–water partition coefficient (Wildman–Crippen LogP) is 3.63. The molecule has 0 aliphatic carbocycles. The Balaban J connectivity index is 1.71. The van der Waals surface area contributed by atoms with E-state index in [1.807, 2.05) is 43.3 Å². The number of benzene rings is 2. The minimum Gasteiger partial charge on any atom is -0.339 e. The van der Waals surface area contributed by atoms with Gasteiger partial charge in [0.2, 0.25) is 11.9 Å². The molecule has 0 fully saturated rings. The lowest BCUT2D eigenvalue weighted by molar-refractivity contribution is -0.114. The summed E-state index contributed by atoms with van der Waals surface area (Å²) in [4.78, 5) is 15.4. The molecular formula is C18H18N6O. The molecule has 3 N–H and O–H groups in total. The molecule has 0 bridgehead atoms. The predicted molar refractivity (Wildman–Crippen MR) is 98.3 cm³/mol. The summed E-state index contributed by atoms with van der Waals surface area (Å²) >= 11 is 0. The molecule has 7 heteroatoms. The zero-order valence-electron chi connectivity index (χ0n) is 13.9. The number of nitrogens with one attached hydrogen (secondary N) is 3. The number of rotatable bonds is 5. The summed E-state index contributed by atoms with van der Waals surface area (Å²) in [6.07, 6.45) is 1.57. The molecule has 25 heavy (non-hydrogen) atoms. The van der Waals surface area contributed by atoms with Gasteiger partial charge in [-0.3, -0.25) is 4.79 Å². The van der Waals surface area contributed by atoms with Crippen molar-refractivity contribution in [2.45, 2.75) is 13.8 Å². The highest BCUT2D eigenvalue weighted by molar-refractivity contribution is 5.88. The number of carbonyl (C=O) groups excluding carboxylic acids is 1. The molecule has 0 radical (unpaired) electrons. The Bertz CT molecular complexity index is 879. The van der Waals surface area contributed by atoms with E-state index in [1.54, 1.807) is 18.3 Å². The average Bonchev–Trinajstić information content (AvgIpc) is 2.59. The van der Waals surface area contributed by atoms with Crippen LogP contribution in [0.25, 0.3) is 0 Å². The topological polar surface area (TPSA) is 91.8 Å². The second-order valence-electron chi connectivity index (χ2n) is 5.49. The van der Waals surface area contributed by atoms with Crippen LogP contribution >= 0.6 is 0 Å². The highest BCUT2D eigenvalue weighted by atomic mass is 16.1.